The lowest BCUT2D eigenvalue weighted by Crippen LogP contribution is -2.44. The molecule has 0 saturated carbocycles. The van der Waals surface area contributed by atoms with Crippen LogP contribution < -0.4 is 11.1 Å². The summed E-state index contributed by atoms with van der Waals surface area (Å²) in [4.78, 5) is 22.0. The molecule has 82 valence electrons. The molecule has 0 bridgehead atoms. The van der Waals surface area contributed by atoms with Crippen molar-refractivity contribution in [3.8, 4) is 0 Å². The van der Waals surface area contributed by atoms with Crippen LogP contribution >= 0.6 is 0 Å². The van der Waals surface area contributed by atoms with E-state index in [-0.39, 0.29) is 30.8 Å². The topological polar surface area (TPSA) is 81.4 Å². The third kappa shape index (κ3) is 4.81. The summed E-state index contributed by atoms with van der Waals surface area (Å²) < 4.78 is 4.42. The van der Waals surface area contributed by atoms with Crippen LogP contribution in [0.4, 0.5) is 0 Å². The molecule has 0 saturated heterocycles. The SMILES string of the molecule is COC(=O)CCNC(=O)[C@@H](N)C(C)C. The van der Waals surface area contributed by atoms with Crippen LogP contribution in [-0.2, 0) is 14.3 Å². The van der Waals surface area contributed by atoms with Gasteiger partial charge in [0.25, 0.3) is 0 Å². The van der Waals surface area contributed by atoms with Crippen molar-refractivity contribution in [2.24, 2.45) is 11.7 Å². The number of esters is 1. The van der Waals surface area contributed by atoms with Crippen molar-refractivity contribution in [2.45, 2.75) is 26.3 Å². The molecule has 1 atom stereocenters. The zero-order valence-electron chi connectivity index (χ0n) is 8.87. The number of amides is 1. The summed E-state index contributed by atoms with van der Waals surface area (Å²) >= 11 is 0. The van der Waals surface area contributed by atoms with Crippen molar-refractivity contribution in [1.82, 2.24) is 5.32 Å². The van der Waals surface area contributed by atoms with Gasteiger partial charge in [-0.1, -0.05) is 13.8 Å². The van der Waals surface area contributed by atoms with Crippen molar-refractivity contribution in [3.63, 3.8) is 0 Å². The second kappa shape index (κ2) is 6.37. The lowest BCUT2D eigenvalue weighted by Gasteiger charge is -2.14. The number of ether oxygens (including phenoxy) is 1. The van der Waals surface area contributed by atoms with Gasteiger partial charge in [0, 0.05) is 6.54 Å². The van der Waals surface area contributed by atoms with Gasteiger partial charge < -0.3 is 15.8 Å². The molecule has 0 heterocycles. The molecule has 5 heteroatoms. The second-order valence-corrected chi connectivity index (χ2v) is 3.39. The van der Waals surface area contributed by atoms with Crippen LogP contribution in [0.2, 0.25) is 0 Å². The highest BCUT2D eigenvalue weighted by Crippen LogP contribution is 1.97. The van der Waals surface area contributed by atoms with Gasteiger partial charge in [0.05, 0.1) is 19.6 Å². The summed E-state index contributed by atoms with van der Waals surface area (Å²) in [6.07, 6.45) is 0.174. The van der Waals surface area contributed by atoms with E-state index < -0.39 is 6.04 Å². The third-order valence-corrected chi connectivity index (χ3v) is 1.88. The Balaban J connectivity index is 3.69. The molecule has 3 N–H and O–H groups in total. The van der Waals surface area contributed by atoms with E-state index in [0.29, 0.717) is 0 Å². The molecule has 0 aromatic carbocycles. The zero-order valence-corrected chi connectivity index (χ0v) is 8.87. The van der Waals surface area contributed by atoms with Gasteiger partial charge in [0.2, 0.25) is 5.91 Å². The van der Waals surface area contributed by atoms with E-state index in [1.54, 1.807) is 0 Å². The number of hydrogen-bond donors (Lipinski definition) is 2. The molecule has 0 fully saturated rings. The minimum absolute atomic E-state index is 0.0909. The number of methoxy groups -OCH3 is 1. The molecule has 0 spiro atoms. The molecule has 14 heavy (non-hydrogen) atoms. The minimum atomic E-state index is -0.521. The lowest BCUT2D eigenvalue weighted by atomic mass is 10.1. The van der Waals surface area contributed by atoms with Gasteiger partial charge in [-0.05, 0) is 5.92 Å². The number of nitrogens with one attached hydrogen (secondary N) is 1. The Bertz CT molecular complexity index is 204. The molecule has 0 aliphatic carbocycles. The lowest BCUT2D eigenvalue weighted by molar-refractivity contribution is -0.140. The first-order chi connectivity index (χ1) is 6.49. The van der Waals surface area contributed by atoms with Crippen LogP contribution in [-0.4, -0.2) is 31.6 Å². The van der Waals surface area contributed by atoms with E-state index in [9.17, 15) is 9.59 Å². The Morgan fingerprint density at radius 1 is 1.43 bits per heavy atom. The standard InChI is InChI=1S/C9H18N2O3/c1-6(2)8(10)9(13)11-5-4-7(12)14-3/h6,8H,4-5,10H2,1-3H3,(H,11,13)/t8-/m0/s1. The van der Waals surface area contributed by atoms with Crippen LogP contribution in [0, 0.1) is 5.92 Å². The first-order valence-corrected chi connectivity index (χ1v) is 4.59. The Kier molecular flexibility index (Phi) is 5.87. The van der Waals surface area contributed by atoms with E-state index in [1.807, 2.05) is 13.8 Å². The highest BCUT2D eigenvalue weighted by molar-refractivity contribution is 5.82. The van der Waals surface area contributed by atoms with Crippen LogP contribution in [0.1, 0.15) is 20.3 Å². The van der Waals surface area contributed by atoms with Crippen LogP contribution in [0.25, 0.3) is 0 Å². The zero-order chi connectivity index (χ0) is 11.1. The van der Waals surface area contributed by atoms with E-state index >= 15 is 0 Å². The maximum absolute atomic E-state index is 11.3. The van der Waals surface area contributed by atoms with Gasteiger partial charge >= 0.3 is 5.97 Å². The summed E-state index contributed by atoms with van der Waals surface area (Å²) in [7, 11) is 1.31. The van der Waals surface area contributed by atoms with E-state index in [0.717, 1.165) is 0 Å². The normalized spacial score (nSPS) is 12.4. The predicted octanol–water partition coefficient (Wildman–Crippen LogP) is -0.351. The maximum atomic E-state index is 11.3. The fourth-order valence-electron chi connectivity index (χ4n) is 0.810. The average molecular weight is 202 g/mol. The van der Waals surface area contributed by atoms with Gasteiger partial charge in [-0.15, -0.1) is 0 Å². The van der Waals surface area contributed by atoms with Crippen molar-refractivity contribution in [1.29, 1.82) is 0 Å². The van der Waals surface area contributed by atoms with Crippen molar-refractivity contribution >= 4 is 11.9 Å². The molecule has 0 aromatic rings. The van der Waals surface area contributed by atoms with Crippen molar-refractivity contribution in [3.05, 3.63) is 0 Å². The van der Waals surface area contributed by atoms with Gasteiger partial charge in [0.15, 0.2) is 0 Å². The quantitative estimate of drug-likeness (QED) is 0.597. The highest BCUT2D eigenvalue weighted by atomic mass is 16.5. The van der Waals surface area contributed by atoms with Gasteiger partial charge in [-0.2, -0.15) is 0 Å². The Hall–Kier alpha value is -1.10. The number of nitrogens with two attached hydrogens (primary N) is 1. The smallest absolute Gasteiger partial charge is 0.307 e. The van der Waals surface area contributed by atoms with E-state index in [4.69, 9.17) is 5.73 Å². The molecule has 0 unspecified atom stereocenters. The van der Waals surface area contributed by atoms with E-state index in [1.165, 1.54) is 7.11 Å². The van der Waals surface area contributed by atoms with Crippen molar-refractivity contribution in [2.75, 3.05) is 13.7 Å². The van der Waals surface area contributed by atoms with Crippen molar-refractivity contribution < 1.29 is 14.3 Å². The first kappa shape index (κ1) is 12.9. The molecule has 0 aromatic heterocycles. The summed E-state index contributed by atoms with van der Waals surface area (Å²) in [6.45, 7) is 4.00. The third-order valence-electron chi connectivity index (χ3n) is 1.88. The molecule has 0 aliphatic rings. The minimum Gasteiger partial charge on any atom is -0.469 e. The van der Waals surface area contributed by atoms with Gasteiger partial charge in [-0.3, -0.25) is 9.59 Å². The Morgan fingerprint density at radius 3 is 2.43 bits per heavy atom. The van der Waals surface area contributed by atoms with Crippen LogP contribution in [0.15, 0.2) is 0 Å². The van der Waals surface area contributed by atoms with Gasteiger partial charge in [0.1, 0.15) is 0 Å². The first-order valence-electron chi connectivity index (χ1n) is 4.59. The monoisotopic (exact) mass is 202 g/mol. The fourth-order valence-corrected chi connectivity index (χ4v) is 0.810. The van der Waals surface area contributed by atoms with E-state index in [2.05, 4.69) is 10.1 Å². The number of carbonyl (C=O) groups is 2. The molecular formula is C9H18N2O3. The average Bonchev–Trinajstić information content (AvgIpc) is 2.15. The number of carbonyl (C=O) groups excluding carboxylic acids is 2. The maximum Gasteiger partial charge on any atom is 0.307 e. The largest absolute Gasteiger partial charge is 0.469 e. The number of rotatable bonds is 5. The summed E-state index contributed by atoms with van der Waals surface area (Å²) in [5, 5.41) is 2.56. The molecule has 0 aliphatic heterocycles. The molecule has 5 nitrogen and oxygen atoms in total. The second-order valence-electron chi connectivity index (χ2n) is 3.39. The predicted molar refractivity (Wildman–Crippen MR) is 52.5 cm³/mol. The highest BCUT2D eigenvalue weighted by Gasteiger charge is 2.16. The molecule has 1 amide bonds. The Labute approximate surface area is 84.0 Å². The number of hydrogen-bond acceptors (Lipinski definition) is 4. The van der Waals surface area contributed by atoms with Gasteiger partial charge in [-0.25, -0.2) is 0 Å². The summed E-state index contributed by atoms with van der Waals surface area (Å²) in [5.74, 6) is -0.486. The molecule has 0 rings (SSSR count). The fraction of sp³-hybridized carbons (Fsp3) is 0.778. The summed E-state index contributed by atoms with van der Waals surface area (Å²) in [5.41, 5.74) is 5.58. The molecular weight excluding hydrogens is 184 g/mol. The molecule has 0 radical (unpaired) electrons. The Morgan fingerprint density at radius 2 is 2.00 bits per heavy atom. The summed E-state index contributed by atoms with van der Waals surface area (Å²) in [6, 6.07) is -0.521. The van der Waals surface area contributed by atoms with Crippen LogP contribution in [0.3, 0.4) is 0 Å². The van der Waals surface area contributed by atoms with Crippen LogP contribution in [0.5, 0.6) is 0 Å².